The molecule has 0 unspecified atom stereocenters. The maximum absolute atomic E-state index is 13.9. The summed E-state index contributed by atoms with van der Waals surface area (Å²) in [6.45, 7) is 4.63. The summed E-state index contributed by atoms with van der Waals surface area (Å²) < 4.78 is 0. The minimum atomic E-state index is -1.75. The Labute approximate surface area is 358 Å². The van der Waals surface area contributed by atoms with Gasteiger partial charge in [0, 0.05) is 6.42 Å². The van der Waals surface area contributed by atoms with Gasteiger partial charge >= 0.3 is 11.9 Å². The van der Waals surface area contributed by atoms with E-state index in [1.807, 2.05) is 0 Å². The molecule has 0 aromatic heterocycles. The Hall–Kier alpha value is -6.61. The van der Waals surface area contributed by atoms with Gasteiger partial charge in [-0.3, -0.25) is 38.4 Å². The number of carbonyl (C=O) groups is 9. The summed E-state index contributed by atoms with van der Waals surface area (Å²) in [5.74, 6) is -9.73. The number of aromatic hydroxyl groups is 1. The van der Waals surface area contributed by atoms with Crippen LogP contribution in [0, 0.1) is 11.8 Å². The average Bonchev–Trinajstić information content (AvgIpc) is 3.20. The minimum absolute atomic E-state index is 0.0518. The Morgan fingerprint density at radius 2 is 1.02 bits per heavy atom. The number of aliphatic hydroxyl groups is 1. The summed E-state index contributed by atoms with van der Waals surface area (Å²) in [6.07, 6.45) is -0.939. The smallest absolute Gasteiger partial charge is 0.326 e. The molecule has 0 spiro atoms. The van der Waals surface area contributed by atoms with Crippen LogP contribution >= 0.6 is 0 Å². The predicted molar refractivity (Wildman–Crippen MR) is 221 cm³/mol. The highest BCUT2D eigenvalue weighted by molar-refractivity contribution is 5.97. The zero-order valence-corrected chi connectivity index (χ0v) is 35.0. The lowest BCUT2D eigenvalue weighted by Gasteiger charge is -2.27. The standard InChI is InChI=1S/C41H58N8O13/c1-22(2)14-28(38(58)49-30(18-35(54)55)37(57)44-20-33(52)45-31(41(61)62)15-23(3)4)47-39(59)29(17-25-10-12-26(51)13-11-25)48-40(60)32(21-50)46-34(53)19-43-36(56)27(42)16-24-8-6-5-7-9-24/h5-13,22-23,27-32,50-51H,14-21,42H2,1-4H3,(H,43,56)(H,44,57)(H,45,52)(H,46,53)(H,47,59)(H,48,60)(H,49,58)(H,54,55)(H,61,62)/t27-,28-,29-,30-,31-,32-/m0/s1. The number of carboxylic acids is 2. The lowest BCUT2D eigenvalue weighted by Crippen LogP contribution is -2.60. The molecule has 62 heavy (non-hydrogen) atoms. The molecule has 0 saturated heterocycles. The summed E-state index contributed by atoms with van der Waals surface area (Å²) in [6, 6.07) is 5.95. The van der Waals surface area contributed by atoms with E-state index in [2.05, 4.69) is 37.2 Å². The number of nitrogens with one attached hydrogen (secondary N) is 7. The molecule has 2 aromatic rings. The monoisotopic (exact) mass is 870 g/mol. The van der Waals surface area contributed by atoms with Crippen LogP contribution in [0.4, 0.5) is 0 Å². The van der Waals surface area contributed by atoms with Gasteiger partial charge in [-0.2, -0.15) is 0 Å². The molecule has 13 N–H and O–H groups in total. The van der Waals surface area contributed by atoms with Crippen LogP contribution in [-0.2, 0) is 56.0 Å². The summed E-state index contributed by atoms with van der Waals surface area (Å²) in [4.78, 5) is 115. The van der Waals surface area contributed by atoms with Gasteiger partial charge in [-0.15, -0.1) is 0 Å². The Bertz CT molecular complexity index is 1860. The van der Waals surface area contributed by atoms with Crippen molar-refractivity contribution in [1.82, 2.24) is 37.2 Å². The molecule has 2 rings (SSSR count). The van der Waals surface area contributed by atoms with Gasteiger partial charge < -0.3 is 63.4 Å². The summed E-state index contributed by atoms with van der Waals surface area (Å²) in [5.41, 5.74) is 7.18. The second-order valence-electron chi connectivity index (χ2n) is 15.4. The second-order valence-corrected chi connectivity index (χ2v) is 15.4. The number of carbonyl (C=O) groups excluding carboxylic acids is 7. The molecule has 21 heteroatoms. The molecule has 0 radical (unpaired) electrons. The Kier molecular flexibility index (Phi) is 21.5. The van der Waals surface area contributed by atoms with E-state index in [-0.39, 0.29) is 43.3 Å². The van der Waals surface area contributed by atoms with Crippen LogP contribution in [0.3, 0.4) is 0 Å². The van der Waals surface area contributed by atoms with Crippen molar-refractivity contribution in [3.8, 4) is 5.75 Å². The van der Waals surface area contributed by atoms with E-state index in [1.165, 1.54) is 24.3 Å². The minimum Gasteiger partial charge on any atom is -0.508 e. The van der Waals surface area contributed by atoms with Gasteiger partial charge in [-0.05, 0) is 54.4 Å². The lowest BCUT2D eigenvalue weighted by molar-refractivity contribution is -0.143. The van der Waals surface area contributed by atoms with Crippen LogP contribution in [0.2, 0.25) is 0 Å². The molecule has 0 aliphatic carbocycles. The fourth-order valence-corrected chi connectivity index (χ4v) is 5.91. The summed E-state index contributed by atoms with van der Waals surface area (Å²) in [5, 5.41) is 55.1. The first-order valence-electron chi connectivity index (χ1n) is 19.9. The van der Waals surface area contributed by atoms with Gasteiger partial charge in [0.25, 0.3) is 0 Å². The predicted octanol–water partition coefficient (Wildman–Crippen LogP) is -2.20. The number of hydrogen-bond donors (Lipinski definition) is 12. The third kappa shape index (κ3) is 19.2. The van der Waals surface area contributed by atoms with Crippen molar-refractivity contribution in [3.63, 3.8) is 0 Å². The molecule has 0 bridgehead atoms. The number of aliphatic hydroxyl groups excluding tert-OH is 1. The van der Waals surface area contributed by atoms with Gasteiger partial charge in [0.2, 0.25) is 41.4 Å². The molecule has 2 aromatic carbocycles. The zero-order chi connectivity index (χ0) is 46.5. The summed E-state index contributed by atoms with van der Waals surface area (Å²) in [7, 11) is 0. The topological polar surface area (TPSA) is 345 Å². The van der Waals surface area contributed by atoms with Gasteiger partial charge in [0.1, 0.15) is 36.0 Å². The molecule has 7 amide bonds. The van der Waals surface area contributed by atoms with Crippen molar-refractivity contribution < 1.29 is 63.6 Å². The number of phenols is 1. The van der Waals surface area contributed by atoms with Crippen molar-refractivity contribution in [2.45, 2.75) is 96.1 Å². The number of carboxylic acid groups (broad SMARTS) is 2. The first-order chi connectivity index (χ1) is 29.2. The van der Waals surface area contributed by atoms with Crippen molar-refractivity contribution in [3.05, 3.63) is 65.7 Å². The maximum Gasteiger partial charge on any atom is 0.326 e. The number of phenolic OH excluding ortho intramolecular Hbond substituents is 1. The summed E-state index contributed by atoms with van der Waals surface area (Å²) >= 11 is 0. The van der Waals surface area contributed by atoms with Crippen LogP contribution < -0.4 is 43.0 Å². The molecule has 340 valence electrons. The lowest BCUT2D eigenvalue weighted by atomic mass is 10.00. The third-order valence-electron chi connectivity index (χ3n) is 9.02. The molecule has 0 heterocycles. The Morgan fingerprint density at radius 1 is 0.548 bits per heavy atom. The molecule has 0 fully saturated rings. The van der Waals surface area contributed by atoms with Crippen LogP contribution in [-0.4, -0.2) is 130 Å². The molecular formula is C41H58N8O13. The van der Waals surface area contributed by atoms with Crippen molar-refractivity contribution in [1.29, 1.82) is 0 Å². The number of rotatable bonds is 26. The molecule has 6 atom stereocenters. The molecule has 0 aliphatic rings. The normalized spacial score (nSPS) is 13.9. The van der Waals surface area contributed by atoms with Crippen LogP contribution in [0.25, 0.3) is 0 Å². The first-order valence-corrected chi connectivity index (χ1v) is 19.9. The fraction of sp³-hybridized carbons (Fsp3) is 0.488. The largest absolute Gasteiger partial charge is 0.508 e. The molecular weight excluding hydrogens is 812 g/mol. The highest BCUT2D eigenvalue weighted by Crippen LogP contribution is 2.13. The number of nitrogens with two attached hydrogens (primary N) is 1. The zero-order valence-electron chi connectivity index (χ0n) is 35.0. The highest BCUT2D eigenvalue weighted by Gasteiger charge is 2.33. The van der Waals surface area contributed by atoms with Crippen LogP contribution in [0.5, 0.6) is 5.75 Å². The van der Waals surface area contributed by atoms with Gasteiger partial charge in [0.05, 0.1) is 32.2 Å². The number of benzene rings is 2. The number of amides is 7. The first kappa shape index (κ1) is 51.5. The van der Waals surface area contributed by atoms with E-state index in [1.54, 1.807) is 58.0 Å². The van der Waals surface area contributed by atoms with Crippen molar-refractivity contribution in [2.24, 2.45) is 17.6 Å². The van der Waals surface area contributed by atoms with Crippen LogP contribution in [0.15, 0.2) is 54.6 Å². The molecule has 21 nitrogen and oxygen atoms in total. The fourth-order valence-electron chi connectivity index (χ4n) is 5.91. The Morgan fingerprint density at radius 3 is 1.55 bits per heavy atom. The quantitative estimate of drug-likeness (QED) is 0.0478. The molecule has 0 saturated carbocycles. The van der Waals surface area contributed by atoms with E-state index in [0.29, 0.717) is 5.56 Å². The third-order valence-corrected chi connectivity index (χ3v) is 9.02. The van der Waals surface area contributed by atoms with Gasteiger partial charge in [-0.1, -0.05) is 70.2 Å². The van der Waals surface area contributed by atoms with E-state index < -0.39 is 116 Å². The van der Waals surface area contributed by atoms with Gasteiger partial charge in [-0.25, -0.2) is 4.79 Å². The van der Waals surface area contributed by atoms with E-state index in [4.69, 9.17) is 5.73 Å². The average molecular weight is 871 g/mol. The highest BCUT2D eigenvalue weighted by atomic mass is 16.4. The van der Waals surface area contributed by atoms with Crippen molar-refractivity contribution >= 4 is 53.3 Å². The second kappa shape index (κ2) is 25.9. The SMILES string of the molecule is CC(C)C[C@H](NC(=O)CNC(=O)[C@H](CC(=O)O)NC(=O)[C@H](CC(C)C)NC(=O)[C@H](Cc1ccc(O)cc1)NC(=O)[C@H](CO)NC(=O)CNC(=O)[C@@H](N)Cc1ccccc1)C(=O)O. The maximum atomic E-state index is 13.9. The van der Waals surface area contributed by atoms with E-state index in [0.717, 1.165) is 5.56 Å². The van der Waals surface area contributed by atoms with Gasteiger partial charge in [0.15, 0.2) is 0 Å². The Balaban J connectivity index is 2.21. The van der Waals surface area contributed by atoms with Crippen molar-refractivity contribution in [2.75, 3.05) is 19.7 Å². The van der Waals surface area contributed by atoms with E-state index in [9.17, 15) is 63.6 Å². The van der Waals surface area contributed by atoms with Crippen LogP contribution in [0.1, 0.15) is 58.1 Å². The number of aliphatic carboxylic acids is 2. The number of hydrogen-bond acceptors (Lipinski definition) is 12. The molecule has 0 aliphatic heterocycles. The van der Waals surface area contributed by atoms with E-state index >= 15 is 0 Å².